The van der Waals surface area contributed by atoms with Crippen LogP contribution in [0.4, 0.5) is 13.2 Å². The second-order valence-corrected chi connectivity index (χ2v) is 8.93. The number of hydrogen-bond acceptors (Lipinski definition) is 5. The van der Waals surface area contributed by atoms with E-state index < -0.39 is 12.1 Å². The summed E-state index contributed by atoms with van der Waals surface area (Å²) in [5.41, 5.74) is 1.24. The van der Waals surface area contributed by atoms with Gasteiger partial charge in [-0.25, -0.2) is 4.79 Å². The van der Waals surface area contributed by atoms with Crippen LogP contribution in [0.1, 0.15) is 31.4 Å². The highest BCUT2D eigenvalue weighted by Crippen LogP contribution is 2.46. The Labute approximate surface area is 185 Å². The lowest BCUT2D eigenvalue weighted by Crippen LogP contribution is -2.45. The van der Waals surface area contributed by atoms with Crippen molar-refractivity contribution < 1.29 is 32.6 Å². The van der Waals surface area contributed by atoms with E-state index in [4.69, 9.17) is 14.6 Å². The van der Waals surface area contributed by atoms with Gasteiger partial charge in [0, 0.05) is 38.4 Å². The van der Waals surface area contributed by atoms with Crippen LogP contribution in [0.15, 0.2) is 24.4 Å². The molecule has 3 aliphatic rings. The molecule has 1 amide bonds. The van der Waals surface area contributed by atoms with E-state index in [0.29, 0.717) is 12.5 Å². The van der Waals surface area contributed by atoms with Crippen molar-refractivity contribution in [1.82, 2.24) is 14.8 Å². The molecular formula is C22H30F3N3O4. The molecule has 0 bridgehead atoms. The van der Waals surface area contributed by atoms with Gasteiger partial charge in [0.15, 0.2) is 0 Å². The van der Waals surface area contributed by atoms with E-state index >= 15 is 0 Å². The van der Waals surface area contributed by atoms with Gasteiger partial charge in [-0.2, -0.15) is 13.2 Å². The van der Waals surface area contributed by atoms with Gasteiger partial charge in [0.25, 0.3) is 0 Å². The number of carbonyl (C=O) groups is 2. The molecule has 1 aromatic rings. The SMILES string of the molecule is COCC1C(=O)N(CC2CC2)CC12CCN(Cc1ccccn1)CC2.O=C(O)C(F)(F)F. The monoisotopic (exact) mass is 457 g/mol. The maximum Gasteiger partial charge on any atom is 0.490 e. The Morgan fingerprint density at radius 1 is 1.28 bits per heavy atom. The molecule has 1 unspecified atom stereocenters. The minimum Gasteiger partial charge on any atom is -0.475 e. The van der Waals surface area contributed by atoms with Gasteiger partial charge in [-0.15, -0.1) is 0 Å². The summed E-state index contributed by atoms with van der Waals surface area (Å²) in [7, 11) is 1.72. The number of ether oxygens (including phenoxy) is 1. The highest BCUT2D eigenvalue weighted by atomic mass is 19.4. The zero-order chi connectivity index (χ0) is 23.4. The fraction of sp³-hybridized carbons (Fsp3) is 0.682. The van der Waals surface area contributed by atoms with Crippen molar-refractivity contribution >= 4 is 11.9 Å². The van der Waals surface area contributed by atoms with Gasteiger partial charge in [-0.05, 0) is 56.8 Å². The van der Waals surface area contributed by atoms with Crippen LogP contribution in [-0.2, 0) is 20.9 Å². The molecule has 4 rings (SSSR count). The fourth-order valence-electron chi connectivity index (χ4n) is 4.62. The summed E-state index contributed by atoms with van der Waals surface area (Å²) in [4.78, 5) is 30.9. The molecular weight excluding hydrogens is 427 g/mol. The number of carbonyl (C=O) groups excluding carboxylic acids is 1. The van der Waals surface area contributed by atoms with Gasteiger partial charge in [-0.1, -0.05) is 6.07 Å². The van der Waals surface area contributed by atoms with E-state index in [1.807, 2.05) is 18.3 Å². The molecule has 0 radical (unpaired) electrons. The fourth-order valence-corrected chi connectivity index (χ4v) is 4.62. The Morgan fingerprint density at radius 3 is 2.44 bits per heavy atom. The molecule has 0 aromatic carbocycles. The van der Waals surface area contributed by atoms with Crippen molar-refractivity contribution in [2.45, 2.75) is 38.4 Å². The molecule has 1 N–H and O–H groups in total. The Kier molecular flexibility index (Phi) is 7.76. The number of halogens is 3. The van der Waals surface area contributed by atoms with Crippen molar-refractivity contribution in [1.29, 1.82) is 0 Å². The summed E-state index contributed by atoms with van der Waals surface area (Å²) in [5, 5.41) is 7.12. The lowest BCUT2D eigenvalue weighted by atomic mass is 9.71. The molecule has 32 heavy (non-hydrogen) atoms. The lowest BCUT2D eigenvalue weighted by molar-refractivity contribution is -0.192. The number of rotatable bonds is 6. The van der Waals surface area contributed by atoms with Gasteiger partial charge in [-0.3, -0.25) is 14.7 Å². The standard InChI is InChI=1S/C20H29N3O2.C2HF3O2/c1-25-14-18-19(24)23(12-16-5-6-16)15-20(18)7-10-22(11-8-20)13-17-4-2-3-9-21-17;3-2(4,5)1(6)7/h2-4,9,16,18H,5-8,10-15H2,1H3;(H,6,7). The number of methoxy groups -OCH3 is 1. The Morgan fingerprint density at radius 2 is 1.94 bits per heavy atom. The van der Waals surface area contributed by atoms with Gasteiger partial charge in [0.1, 0.15) is 0 Å². The van der Waals surface area contributed by atoms with Gasteiger partial charge >= 0.3 is 12.1 Å². The maximum absolute atomic E-state index is 12.9. The molecule has 2 saturated heterocycles. The number of piperidine rings is 1. The molecule has 178 valence electrons. The lowest BCUT2D eigenvalue weighted by Gasteiger charge is -2.41. The predicted molar refractivity (Wildman–Crippen MR) is 110 cm³/mol. The third-order valence-electron chi connectivity index (χ3n) is 6.57. The highest BCUT2D eigenvalue weighted by molar-refractivity contribution is 5.82. The predicted octanol–water partition coefficient (Wildman–Crippen LogP) is 2.81. The number of aromatic nitrogens is 1. The number of aliphatic carboxylic acids is 1. The van der Waals surface area contributed by atoms with Crippen LogP contribution in [0.3, 0.4) is 0 Å². The third kappa shape index (κ3) is 6.19. The number of carboxylic acid groups (broad SMARTS) is 1. The van der Waals surface area contributed by atoms with E-state index in [0.717, 1.165) is 57.2 Å². The highest BCUT2D eigenvalue weighted by Gasteiger charge is 2.53. The first-order valence-corrected chi connectivity index (χ1v) is 10.8. The molecule has 1 aromatic heterocycles. The largest absolute Gasteiger partial charge is 0.490 e. The minimum absolute atomic E-state index is 0.0493. The first kappa shape index (κ1) is 24.4. The van der Waals surface area contributed by atoms with Crippen LogP contribution in [0.2, 0.25) is 0 Å². The molecule has 1 atom stereocenters. The summed E-state index contributed by atoms with van der Waals surface area (Å²) in [6, 6.07) is 6.10. The summed E-state index contributed by atoms with van der Waals surface area (Å²) in [6.07, 6.45) is 1.54. The average Bonchev–Trinajstić information content (AvgIpc) is 3.53. The third-order valence-corrected chi connectivity index (χ3v) is 6.57. The van der Waals surface area contributed by atoms with Crippen LogP contribution < -0.4 is 0 Å². The smallest absolute Gasteiger partial charge is 0.475 e. The second kappa shape index (κ2) is 10.2. The van der Waals surface area contributed by atoms with Crippen LogP contribution >= 0.6 is 0 Å². The van der Waals surface area contributed by atoms with Crippen LogP contribution in [0.5, 0.6) is 0 Å². The quantitative estimate of drug-likeness (QED) is 0.708. The number of likely N-dealkylation sites (tertiary alicyclic amines) is 2. The minimum atomic E-state index is -5.08. The first-order valence-electron chi connectivity index (χ1n) is 10.8. The Bertz CT molecular complexity index is 778. The van der Waals surface area contributed by atoms with Crippen molar-refractivity contribution in [3.63, 3.8) is 0 Å². The van der Waals surface area contributed by atoms with Crippen molar-refractivity contribution in [3.8, 4) is 0 Å². The number of nitrogens with zero attached hydrogens (tertiary/aromatic N) is 3. The van der Waals surface area contributed by atoms with E-state index in [9.17, 15) is 18.0 Å². The molecule has 3 fully saturated rings. The summed E-state index contributed by atoms with van der Waals surface area (Å²) in [5.74, 6) is -1.61. The normalized spacial score (nSPS) is 23.2. The number of amides is 1. The average molecular weight is 457 g/mol. The van der Waals surface area contributed by atoms with Crippen LogP contribution in [0.25, 0.3) is 0 Å². The second-order valence-electron chi connectivity index (χ2n) is 8.93. The summed E-state index contributed by atoms with van der Waals surface area (Å²) < 4.78 is 37.2. The molecule has 3 heterocycles. The topological polar surface area (TPSA) is 83.0 Å². The van der Waals surface area contributed by atoms with E-state index in [-0.39, 0.29) is 11.3 Å². The van der Waals surface area contributed by atoms with E-state index in [1.54, 1.807) is 7.11 Å². The Balaban J connectivity index is 0.000000360. The van der Waals surface area contributed by atoms with E-state index in [1.165, 1.54) is 12.8 Å². The van der Waals surface area contributed by atoms with Crippen LogP contribution in [-0.4, -0.2) is 77.8 Å². The van der Waals surface area contributed by atoms with Gasteiger partial charge in [0.05, 0.1) is 18.2 Å². The van der Waals surface area contributed by atoms with Crippen molar-refractivity contribution in [2.75, 3.05) is 39.9 Å². The molecule has 7 nitrogen and oxygen atoms in total. The molecule has 1 saturated carbocycles. The van der Waals surface area contributed by atoms with Gasteiger partial charge in [0.2, 0.25) is 5.91 Å². The summed E-state index contributed by atoms with van der Waals surface area (Å²) >= 11 is 0. The number of pyridine rings is 1. The first-order chi connectivity index (χ1) is 15.1. The van der Waals surface area contributed by atoms with Gasteiger partial charge < -0.3 is 14.7 Å². The Hall–Kier alpha value is -2.20. The molecule has 1 aliphatic carbocycles. The number of alkyl halides is 3. The summed E-state index contributed by atoms with van der Waals surface area (Å²) in [6.45, 7) is 5.47. The van der Waals surface area contributed by atoms with Crippen molar-refractivity contribution in [2.24, 2.45) is 17.3 Å². The maximum atomic E-state index is 12.9. The van der Waals surface area contributed by atoms with Crippen molar-refractivity contribution in [3.05, 3.63) is 30.1 Å². The number of hydrogen-bond donors (Lipinski definition) is 1. The van der Waals surface area contributed by atoms with Crippen LogP contribution in [0, 0.1) is 17.3 Å². The van der Waals surface area contributed by atoms with E-state index in [2.05, 4.69) is 20.9 Å². The zero-order valence-corrected chi connectivity index (χ0v) is 18.2. The molecule has 10 heteroatoms. The zero-order valence-electron chi connectivity index (χ0n) is 18.2. The molecule has 2 aliphatic heterocycles. The number of carboxylic acids is 1. The molecule has 1 spiro atoms.